The Morgan fingerprint density at radius 3 is 2.58 bits per heavy atom. The summed E-state index contributed by atoms with van der Waals surface area (Å²) in [6.45, 7) is 3.26. The van der Waals surface area contributed by atoms with Gasteiger partial charge >= 0.3 is 12.0 Å². The minimum absolute atomic E-state index is 0.0746. The van der Waals surface area contributed by atoms with Gasteiger partial charge in [0.05, 0.1) is 12.5 Å². The van der Waals surface area contributed by atoms with Gasteiger partial charge in [0.15, 0.2) is 0 Å². The Hall–Kier alpha value is -1.30. The molecule has 0 spiro atoms. The fourth-order valence-corrected chi connectivity index (χ4v) is 2.64. The molecule has 0 saturated carbocycles. The van der Waals surface area contributed by atoms with E-state index in [9.17, 15) is 9.59 Å². The van der Waals surface area contributed by atoms with Crippen molar-refractivity contribution < 1.29 is 19.4 Å². The average molecular weight is 270 g/mol. The number of hydrogen-bond donors (Lipinski definition) is 2. The second-order valence-electron chi connectivity index (χ2n) is 5.37. The first-order valence-electron chi connectivity index (χ1n) is 7.00. The van der Waals surface area contributed by atoms with Crippen molar-refractivity contribution in [2.75, 3.05) is 32.8 Å². The van der Waals surface area contributed by atoms with E-state index < -0.39 is 5.97 Å². The van der Waals surface area contributed by atoms with Gasteiger partial charge in [-0.3, -0.25) is 4.79 Å². The van der Waals surface area contributed by atoms with E-state index >= 15 is 0 Å². The van der Waals surface area contributed by atoms with Gasteiger partial charge in [-0.2, -0.15) is 0 Å². The number of ether oxygens (including phenoxy) is 1. The number of likely N-dealkylation sites (tertiary alicyclic amines) is 1. The van der Waals surface area contributed by atoms with Crippen LogP contribution < -0.4 is 5.32 Å². The van der Waals surface area contributed by atoms with Crippen LogP contribution >= 0.6 is 0 Å². The summed E-state index contributed by atoms with van der Waals surface area (Å²) in [5, 5.41) is 11.8. The SMILES string of the molecule is O=C(O)C1CCN(C(=O)NCC2CCCOC2)CC1. The lowest BCUT2D eigenvalue weighted by Crippen LogP contribution is -2.47. The standard InChI is InChI=1S/C13H22N2O4/c16-12(17)11-3-5-15(6-4-11)13(18)14-8-10-2-1-7-19-9-10/h10-11H,1-9H2,(H,14,18)(H,16,17). The summed E-state index contributed by atoms with van der Waals surface area (Å²) in [5.74, 6) is -0.635. The van der Waals surface area contributed by atoms with Gasteiger partial charge in [-0.25, -0.2) is 4.79 Å². The number of carbonyl (C=O) groups is 2. The van der Waals surface area contributed by atoms with Gasteiger partial charge in [0, 0.05) is 26.2 Å². The van der Waals surface area contributed by atoms with Crippen molar-refractivity contribution >= 4 is 12.0 Å². The lowest BCUT2D eigenvalue weighted by Gasteiger charge is -2.31. The van der Waals surface area contributed by atoms with Crippen molar-refractivity contribution in [3.63, 3.8) is 0 Å². The number of hydrogen-bond acceptors (Lipinski definition) is 3. The summed E-state index contributed by atoms with van der Waals surface area (Å²) in [7, 11) is 0. The number of nitrogens with one attached hydrogen (secondary N) is 1. The van der Waals surface area contributed by atoms with Crippen molar-refractivity contribution in [1.29, 1.82) is 0 Å². The molecule has 2 fully saturated rings. The molecule has 0 aromatic rings. The molecular formula is C13H22N2O4. The Morgan fingerprint density at radius 2 is 2.00 bits per heavy atom. The average Bonchev–Trinajstić information content (AvgIpc) is 2.46. The molecule has 0 aliphatic carbocycles. The molecule has 2 heterocycles. The molecule has 2 aliphatic rings. The zero-order chi connectivity index (χ0) is 13.7. The Balaban J connectivity index is 1.67. The van der Waals surface area contributed by atoms with E-state index in [1.165, 1.54) is 0 Å². The number of carboxylic acid groups (broad SMARTS) is 1. The van der Waals surface area contributed by atoms with Gasteiger partial charge in [-0.1, -0.05) is 0 Å². The molecule has 2 N–H and O–H groups in total. The van der Waals surface area contributed by atoms with Crippen molar-refractivity contribution in [3.8, 4) is 0 Å². The smallest absolute Gasteiger partial charge is 0.317 e. The molecule has 1 atom stereocenters. The number of piperidine rings is 1. The highest BCUT2D eigenvalue weighted by Gasteiger charge is 2.27. The van der Waals surface area contributed by atoms with E-state index in [-0.39, 0.29) is 11.9 Å². The largest absolute Gasteiger partial charge is 0.481 e. The zero-order valence-electron chi connectivity index (χ0n) is 11.1. The molecule has 0 aromatic carbocycles. The van der Waals surface area contributed by atoms with Crippen LogP contribution in [-0.2, 0) is 9.53 Å². The van der Waals surface area contributed by atoms with Crippen molar-refractivity contribution in [1.82, 2.24) is 10.2 Å². The highest BCUT2D eigenvalue weighted by molar-refractivity contribution is 5.75. The van der Waals surface area contributed by atoms with Crippen LogP contribution in [-0.4, -0.2) is 54.9 Å². The number of carbonyl (C=O) groups excluding carboxylic acids is 1. The van der Waals surface area contributed by atoms with Crippen LogP contribution in [0.2, 0.25) is 0 Å². The molecule has 2 amide bonds. The molecule has 2 rings (SSSR count). The molecular weight excluding hydrogens is 248 g/mol. The highest BCUT2D eigenvalue weighted by atomic mass is 16.5. The molecule has 108 valence electrons. The van der Waals surface area contributed by atoms with Crippen LogP contribution in [0.5, 0.6) is 0 Å². The van der Waals surface area contributed by atoms with E-state index in [0.717, 1.165) is 26.1 Å². The highest BCUT2D eigenvalue weighted by Crippen LogP contribution is 2.17. The first-order chi connectivity index (χ1) is 9.16. The second kappa shape index (κ2) is 6.75. The van der Waals surface area contributed by atoms with Gasteiger partial charge in [-0.15, -0.1) is 0 Å². The monoisotopic (exact) mass is 270 g/mol. The fourth-order valence-electron chi connectivity index (χ4n) is 2.64. The number of rotatable bonds is 3. The molecule has 2 aliphatic heterocycles. The maximum atomic E-state index is 11.9. The topological polar surface area (TPSA) is 78.9 Å². The fraction of sp³-hybridized carbons (Fsp3) is 0.846. The van der Waals surface area contributed by atoms with E-state index in [4.69, 9.17) is 9.84 Å². The summed E-state index contributed by atoms with van der Waals surface area (Å²) in [6.07, 6.45) is 3.26. The van der Waals surface area contributed by atoms with Crippen LogP contribution in [0.25, 0.3) is 0 Å². The van der Waals surface area contributed by atoms with Crippen molar-refractivity contribution in [2.24, 2.45) is 11.8 Å². The third-order valence-electron chi connectivity index (χ3n) is 3.93. The predicted octanol–water partition coefficient (Wildman–Crippen LogP) is 0.919. The summed E-state index contributed by atoms with van der Waals surface area (Å²) >= 11 is 0. The third kappa shape index (κ3) is 4.09. The van der Waals surface area contributed by atoms with Crippen LogP contribution in [0.3, 0.4) is 0 Å². The summed E-state index contributed by atoms with van der Waals surface area (Å²) in [6, 6.07) is -0.0746. The van der Waals surface area contributed by atoms with Crippen LogP contribution in [0.1, 0.15) is 25.7 Å². The number of nitrogens with zero attached hydrogens (tertiary/aromatic N) is 1. The Labute approximate surface area is 113 Å². The molecule has 6 nitrogen and oxygen atoms in total. The number of carboxylic acids is 1. The van der Waals surface area contributed by atoms with Crippen LogP contribution in [0, 0.1) is 11.8 Å². The van der Waals surface area contributed by atoms with E-state index in [0.29, 0.717) is 38.4 Å². The van der Waals surface area contributed by atoms with Crippen molar-refractivity contribution in [3.05, 3.63) is 0 Å². The van der Waals surface area contributed by atoms with E-state index in [2.05, 4.69) is 5.32 Å². The van der Waals surface area contributed by atoms with Gasteiger partial charge in [-0.05, 0) is 31.6 Å². The third-order valence-corrected chi connectivity index (χ3v) is 3.93. The maximum absolute atomic E-state index is 11.9. The minimum atomic E-state index is -0.751. The summed E-state index contributed by atoms with van der Waals surface area (Å²) in [4.78, 5) is 24.5. The lowest BCUT2D eigenvalue weighted by molar-refractivity contribution is -0.143. The molecule has 0 aromatic heterocycles. The maximum Gasteiger partial charge on any atom is 0.317 e. The first kappa shape index (κ1) is 14.1. The number of amides is 2. The van der Waals surface area contributed by atoms with E-state index in [1.807, 2.05) is 0 Å². The van der Waals surface area contributed by atoms with Crippen LogP contribution in [0.15, 0.2) is 0 Å². The van der Waals surface area contributed by atoms with Gasteiger partial charge in [0.1, 0.15) is 0 Å². The van der Waals surface area contributed by atoms with Crippen LogP contribution in [0.4, 0.5) is 4.79 Å². The normalized spacial score (nSPS) is 25.1. The van der Waals surface area contributed by atoms with Gasteiger partial charge < -0.3 is 20.1 Å². The summed E-state index contributed by atoms with van der Waals surface area (Å²) < 4.78 is 5.37. The first-order valence-corrected chi connectivity index (χ1v) is 7.00. The quantitative estimate of drug-likeness (QED) is 0.799. The molecule has 19 heavy (non-hydrogen) atoms. The Kier molecular flexibility index (Phi) is 5.01. The lowest BCUT2D eigenvalue weighted by atomic mass is 9.97. The molecule has 6 heteroatoms. The molecule has 0 radical (unpaired) electrons. The predicted molar refractivity (Wildman–Crippen MR) is 68.9 cm³/mol. The van der Waals surface area contributed by atoms with Gasteiger partial charge in [0.25, 0.3) is 0 Å². The Bertz CT molecular complexity index is 321. The second-order valence-corrected chi connectivity index (χ2v) is 5.37. The molecule has 1 unspecified atom stereocenters. The molecule has 2 saturated heterocycles. The molecule has 0 bridgehead atoms. The number of aliphatic carboxylic acids is 1. The minimum Gasteiger partial charge on any atom is -0.481 e. The van der Waals surface area contributed by atoms with Crippen molar-refractivity contribution in [2.45, 2.75) is 25.7 Å². The van der Waals surface area contributed by atoms with Gasteiger partial charge in [0.2, 0.25) is 0 Å². The Morgan fingerprint density at radius 1 is 1.26 bits per heavy atom. The van der Waals surface area contributed by atoms with E-state index in [1.54, 1.807) is 4.90 Å². The zero-order valence-corrected chi connectivity index (χ0v) is 11.1. The number of urea groups is 1. The summed E-state index contributed by atoms with van der Waals surface area (Å²) in [5.41, 5.74) is 0.